The van der Waals surface area contributed by atoms with Gasteiger partial charge in [-0.3, -0.25) is 9.80 Å². The summed E-state index contributed by atoms with van der Waals surface area (Å²) in [6.07, 6.45) is 6.93. The summed E-state index contributed by atoms with van der Waals surface area (Å²) in [5.41, 5.74) is 2.50. The first-order valence-electron chi connectivity index (χ1n) is 7.70. The quantitative estimate of drug-likeness (QED) is 0.811. The van der Waals surface area contributed by atoms with Crippen LogP contribution < -0.4 is 15.1 Å². The number of hydrogen-bond donors (Lipinski definition) is 2. The molecule has 3 nitrogen and oxygen atoms in total. The van der Waals surface area contributed by atoms with Crippen molar-refractivity contribution in [2.75, 3.05) is 18.2 Å². The summed E-state index contributed by atoms with van der Waals surface area (Å²) in [6, 6.07) is 9.47. The summed E-state index contributed by atoms with van der Waals surface area (Å²) in [5, 5.41) is 4.28. The van der Waals surface area contributed by atoms with Crippen LogP contribution in [-0.2, 0) is 0 Å². The topological polar surface area (TPSA) is 19.7 Å². The minimum absolute atomic E-state index is 0.798. The van der Waals surface area contributed by atoms with Crippen molar-refractivity contribution in [3.05, 3.63) is 29.8 Å². The predicted molar refractivity (Wildman–Crippen MR) is 87.0 cm³/mol. The second-order valence-corrected chi connectivity index (χ2v) is 6.46. The maximum atomic E-state index is 5.50. The van der Waals surface area contributed by atoms with Crippen molar-refractivity contribution in [2.24, 2.45) is 0 Å². The maximum Gasteiger partial charge on any atom is 0.182 e. The Morgan fingerprint density at radius 1 is 1.15 bits per heavy atom. The van der Waals surface area contributed by atoms with Crippen LogP contribution in [0.25, 0.3) is 0 Å². The molecule has 1 saturated carbocycles. The van der Waals surface area contributed by atoms with Crippen molar-refractivity contribution >= 4 is 23.0 Å². The number of rotatable bonds is 2. The lowest BCUT2D eigenvalue weighted by molar-refractivity contribution is -0.929. The monoisotopic (exact) mass is 290 g/mol. The molecule has 3 rings (SSSR count). The molecular weight excluding hydrogens is 266 g/mol. The maximum absolute atomic E-state index is 5.50. The third-order valence-electron chi connectivity index (χ3n) is 4.60. The number of nitrogens with one attached hydrogen (secondary N) is 2. The van der Waals surface area contributed by atoms with Crippen LogP contribution >= 0.6 is 12.2 Å². The average molecular weight is 290 g/mol. The Labute approximate surface area is 126 Å². The van der Waals surface area contributed by atoms with E-state index in [1.807, 2.05) is 0 Å². The van der Waals surface area contributed by atoms with Gasteiger partial charge >= 0.3 is 0 Å². The van der Waals surface area contributed by atoms with Crippen LogP contribution in [0.3, 0.4) is 0 Å². The molecule has 4 heteroatoms. The van der Waals surface area contributed by atoms with E-state index in [0.29, 0.717) is 0 Å². The molecule has 1 heterocycles. The molecule has 1 atom stereocenters. The molecule has 1 unspecified atom stereocenters. The van der Waals surface area contributed by atoms with Gasteiger partial charge in [0.1, 0.15) is 0 Å². The van der Waals surface area contributed by atoms with E-state index in [9.17, 15) is 0 Å². The number of quaternary nitrogens is 1. The Morgan fingerprint density at radius 3 is 2.55 bits per heavy atom. The Morgan fingerprint density at radius 2 is 1.85 bits per heavy atom. The molecule has 1 aliphatic heterocycles. The summed E-state index contributed by atoms with van der Waals surface area (Å²) >= 11 is 5.50. The number of aryl methyl sites for hydroxylation is 1. The van der Waals surface area contributed by atoms with Gasteiger partial charge in [0.25, 0.3) is 0 Å². The van der Waals surface area contributed by atoms with Gasteiger partial charge in [-0.15, -0.1) is 0 Å². The van der Waals surface area contributed by atoms with E-state index < -0.39 is 0 Å². The zero-order chi connectivity index (χ0) is 13.9. The normalized spacial score (nSPS) is 24.6. The number of hydrogen-bond acceptors (Lipinski definition) is 1. The predicted octanol–water partition coefficient (Wildman–Crippen LogP) is 1.82. The van der Waals surface area contributed by atoms with Crippen LogP contribution in [-0.4, -0.2) is 24.5 Å². The zero-order valence-electron chi connectivity index (χ0n) is 12.2. The van der Waals surface area contributed by atoms with Crippen molar-refractivity contribution in [1.82, 2.24) is 5.32 Å². The van der Waals surface area contributed by atoms with Gasteiger partial charge in [0.2, 0.25) is 0 Å². The van der Waals surface area contributed by atoms with Gasteiger partial charge in [-0.2, -0.15) is 0 Å². The number of nitrogens with zero attached hydrogens (tertiary/aromatic N) is 1. The lowest BCUT2D eigenvalue weighted by atomic mass is 9.94. The standard InChI is InChI=1S/C16H23N3S/c1-13-7-9-15(10-8-13)19-12-18(11-17-16(19)20)14-5-3-2-4-6-14/h7-10,14H,2-6,11-12H2,1H3,(H,17,20)/p+1. The summed E-state index contributed by atoms with van der Waals surface area (Å²) < 4.78 is 0. The first kappa shape index (κ1) is 13.8. The Bertz CT molecular complexity index is 465. The molecule has 108 valence electrons. The summed E-state index contributed by atoms with van der Waals surface area (Å²) in [7, 11) is 0. The third-order valence-corrected chi connectivity index (χ3v) is 4.97. The van der Waals surface area contributed by atoms with Gasteiger partial charge in [-0.1, -0.05) is 24.1 Å². The SMILES string of the molecule is Cc1ccc(N2C[NH+](C3CCCCC3)CNC2=S)cc1. The van der Waals surface area contributed by atoms with E-state index in [-0.39, 0.29) is 0 Å². The zero-order valence-corrected chi connectivity index (χ0v) is 13.0. The molecule has 0 spiro atoms. The Balaban J connectivity index is 1.72. The third kappa shape index (κ3) is 2.96. The minimum atomic E-state index is 0.798. The van der Waals surface area contributed by atoms with Gasteiger partial charge in [0.15, 0.2) is 18.4 Å². The van der Waals surface area contributed by atoms with Crippen LogP contribution in [0, 0.1) is 6.92 Å². The van der Waals surface area contributed by atoms with Gasteiger partial charge in [-0.25, -0.2) is 0 Å². The molecule has 0 radical (unpaired) electrons. The highest BCUT2D eigenvalue weighted by Crippen LogP contribution is 2.18. The van der Waals surface area contributed by atoms with Crippen molar-refractivity contribution in [3.8, 4) is 0 Å². The molecule has 1 aliphatic carbocycles. The van der Waals surface area contributed by atoms with E-state index in [4.69, 9.17) is 12.2 Å². The van der Waals surface area contributed by atoms with Crippen molar-refractivity contribution in [3.63, 3.8) is 0 Å². The fraction of sp³-hybridized carbons (Fsp3) is 0.562. The van der Waals surface area contributed by atoms with Gasteiger partial charge < -0.3 is 5.32 Å². The molecular formula is C16H24N3S+. The first-order chi connectivity index (χ1) is 9.74. The largest absolute Gasteiger partial charge is 0.315 e. The molecule has 2 fully saturated rings. The second kappa shape index (κ2) is 6.10. The number of thiocarbonyl (C=S) groups is 1. The van der Waals surface area contributed by atoms with Crippen LogP contribution in [0.2, 0.25) is 0 Å². The van der Waals surface area contributed by atoms with E-state index >= 15 is 0 Å². The fourth-order valence-corrected chi connectivity index (χ4v) is 3.58. The average Bonchev–Trinajstić information content (AvgIpc) is 2.50. The number of benzene rings is 1. The smallest absolute Gasteiger partial charge is 0.182 e. The van der Waals surface area contributed by atoms with Crippen molar-refractivity contribution in [1.29, 1.82) is 0 Å². The second-order valence-electron chi connectivity index (χ2n) is 6.07. The lowest BCUT2D eigenvalue weighted by Gasteiger charge is -2.40. The Hall–Kier alpha value is -1.13. The summed E-state index contributed by atoms with van der Waals surface area (Å²) in [4.78, 5) is 3.89. The Kier molecular flexibility index (Phi) is 4.22. The van der Waals surface area contributed by atoms with E-state index in [0.717, 1.165) is 24.5 Å². The fourth-order valence-electron chi connectivity index (χ4n) is 3.33. The summed E-state index contributed by atoms with van der Waals surface area (Å²) in [5.74, 6) is 0. The molecule has 20 heavy (non-hydrogen) atoms. The van der Waals surface area contributed by atoms with Crippen LogP contribution in [0.4, 0.5) is 5.69 Å². The highest BCUT2D eigenvalue weighted by atomic mass is 32.1. The molecule has 1 saturated heterocycles. The minimum Gasteiger partial charge on any atom is -0.315 e. The first-order valence-corrected chi connectivity index (χ1v) is 8.11. The molecule has 1 aromatic rings. The van der Waals surface area contributed by atoms with E-state index in [1.54, 1.807) is 4.90 Å². The summed E-state index contributed by atoms with van der Waals surface area (Å²) in [6.45, 7) is 4.10. The molecule has 2 aliphatic rings. The van der Waals surface area contributed by atoms with Crippen LogP contribution in [0.15, 0.2) is 24.3 Å². The lowest BCUT2D eigenvalue weighted by Crippen LogP contribution is -3.20. The molecule has 2 N–H and O–H groups in total. The van der Waals surface area contributed by atoms with Gasteiger partial charge in [-0.05, 0) is 57.0 Å². The highest BCUT2D eigenvalue weighted by molar-refractivity contribution is 7.80. The van der Waals surface area contributed by atoms with E-state index in [1.165, 1.54) is 43.4 Å². The van der Waals surface area contributed by atoms with E-state index in [2.05, 4.69) is 41.4 Å². The molecule has 0 amide bonds. The highest BCUT2D eigenvalue weighted by Gasteiger charge is 2.31. The molecule has 1 aromatic carbocycles. The van der Waals surface area contributed by atoms with Crippen molar-refractivity contribution < 1.29 is 4.90 Å². The van der Waals surface area contributed by atoms with Gasteiger partial charge in [0, 0.05) is 5.69 Å². The number of anilines is 1. The van der Waals surface area contributed by atoms with Gasteiger partial charge in [0.05, 0.1) is 6.04 Å². The molecule has 0 bridgehead atoms. The van der Waals surface area contributed by atoms with Crippen molar-refractivity contribution in [2.45, 2.75) is 45.1 Å². The van der Waals surface area contributed by atoms with Crippen LogP contribution in [0.1, 0.15) is 37.7 Å². The molecule has 0 aromatic heterocycles. The van der Waals surface area contributed by atoms with Crippen LogP contribution in [0.5, 0.6) is 0 Å².